The first-order valence-electron chi connectivity index (χ1n) is 28.2. The van der Waals surface area contributed by atoms with Crippen molar-refractivity contribution in [3.8, 4) is 0 Å². The Bertz CT molecular complexity index is 1530. The van der Waals surface area contributed by atoms with Crippen molar-refractivity contribution in [2.45, 2.75) is 239 Å². The van der Waals surface area contributed by atoms with Crippen LogP contribution in [0.2, 0.25) is 0 Å². The Morgan fingerprint density at radius 2 is 0.543 bits per heavy atom. The number of rotatable bonds is 49. The molecule has 0 saturated carbocycles. The van der Waals surface area contributed by atoms with Crippen molar-refractivity contribution in [2.24, 2.45) is 0 Å². The molecule has 0 aromatic rings. The van der Waals surface area contributed by atoms with Crippen molar-refractivity contribution in [3.05, 3.63) is 134 Å². The molecule has 70 heavy (non-hydrogen) atoms. The largest absolute Gasteiger partial charge is 0.462 e. The number of hydrogen-bond acceptors (Lipinski definition) is 6. The van der Waals surface area contributed by atoms with Crippen LogP contribution in [0.3, 0.4) is 0 Å². The van der Waals surface area contributed by atoms with E-state index < -0.39 is 6.10 Å². The molecule has 1 atom stereocenters. The highest BCUT2D eigenvalue weighted by Crippen LogP contribution is 2.14. The number of esters is 3. The Hall–Kier alpha value is -4.45. The van der Waals surface area contributed by atoms with Gasteiger partial charge in [-0.2, -0.15) is 0 Å². The molecule has 6 nitrogen and oxygen atoms in total. The SMILES string of the molecule is CC/C=C\C/C=C\C/C=C\C/C=C\C/C=C\C/C=C\CCC(=O)OCC(COC(=O)CCCCCCCCC/C=C\C/C=C\CC)OC(=O)CCCCCCCCCCC/C=C\C/C=C\C/C=C\CC. The summed E-state index contributed by atoms with van der Waals surface area (Å²) in [5.41, 5.74) is 0. The molecule has 0 rings (SSSR count). The summed E-state index contributed by atoms with van der Waals surface area (Å²) >= 11 is 0. The standard InChI is InChI=1S/C64H102O6/c1-4-7-10-13-16-19-22-25-28-30-32-34-36-39-42-45-48-51-54-57-63(66)69-60-61(59-68-62(65)56-53-50-47-44-41-38-27-24-21-18-15-12-9-6-3)70-64(67)58-55-52-49-46-43-40-37-35-33-31-29-26-23-20-17-14-11-8-5-2/h7-12,16-21,25-26,28-29,32,34,39,42,48,51,61H,4-6,13-15,22-24,27,30-31,33,35-38,40-41,43-47,49-50,52-60H2,1-3H3/b10-7-,11-8-,12-9-,19-16-,20-17-,21-18-,28-25-,29-26-,34-32-,42-39-,51-48-. The van der Waals surface area contributed by atoms with Crippen LogP contribution in [0.25, 0.3) is 0 Å². The van der Waals surface area contributed by atoms with E-state index in [1.807, 2.05) is 6.08 Å². The van der Waals surface area contributed by atoms with Crippen LogP contribution < -0.4 is 0 Å². The lowest BCUT2D eigenvalue weighted by Gasteiger charge is -2.18. The second kappa shape index (κ2) is 57.1. The van der Waals surface area contributed by atoms with Gasteiger partial charge >= 0.3 is 17.9 Å². The van der Waals surface area contributed by atoms with Gasteiger partial charge in [0.05, 0.1) is 0 Å². The Labute approximate surface area is 430 Å². The van der Waals surface area contributed by atoms with Gasteiger partial charge in [-0.1, -0.05) is 231 Å². The maximum atomic E-state index is 12.9. The van der Waals surface area contributed by atoms with Crippen molar-refractivity contribution in [2.75, 3.05) is 13.2 Å². The minimum atomic E-state index is -0.820. The quantitative estimate of drug-likeness (QED) is 0.0262. The van der Waals surface area contributed by atoms with Gasteiger partial charge in [-0.3, -0.25) is 14.4 Å². The molecule has 6 heteroatoms. The molecule has 0 aliphatic carbocycles. The third-order valence-electron chi connectivity index (χ3n) is 11.4. The zero-order chi connectivity index (χ0) is 50.7. The number of carbonyl (C=O) groups excluding carboxylic acids is 3. The van der Waals surface area contributed by atoms with E-state index in [1.54, 1.807) is 0 Å². The van der Waals surface area contributed by atoms with Crippen LogP contribution in [0.4, 0.5) is 0 Å². The third kappa shape index (κ3) is 54.5. The third-order valence-corrected chi connectivity index (χ3v) is 11.4. The lowest BCUT2D eigenvalue weighted by molar-refractivity contribution is -0.166. The average Bonchev–Trinajstić information content (AvgIpc) is 3.36. The summed E-state index contributed by atoms with van der Waals surface area (Å²) in [6.45, 7) is 6.23. The summed E-state index contributed by atoms with van der Waals surface area (Å²) in [4.78, 5) is 38.1. The molecule has 0 amide bonds. The zero-order valence-corrected chi connectivity index (χ0v) is 45.0. The predicted octanol–water partition coefficient (Wildman–Crippen LogP) is 19.0. The summed E-state index contributed by atoms with van der Waals surface area (Å²) in [5, 5.41) is 0. The van der Waals surface area contributed by atoms with E-state index in [-0.39, 0.29) is 37.5 Å². The second-order valence-electron chi connectivity index (χ2n) is 18.0. The van der Waals surface area contributed by atoms with Gasteiger partial charge in [0, 0.05) is 19.3 Å². The fourth-order valence-electron chi connectivity index (χ4n) is 7.28. The van der Waals surface area contributed by atoms with E-state index in [0.717, 1.165) is 122 Å². The molecule has 0 radical (unpaired) electrons. The van der Waals surface area contributed by atoms with Gasteiger partial charge in [0.2, 0.25) is 0 Å². The maximum Gasteiger partial charge on any atom is 0.306 e. The molecule has 0 bridgehead atoms. The van der Waals surface area contributed by atoms with Gasteiger partial charge in [-0.15, -0.1) is 0 Å². The van der Waals surface area contributed by atoms with E-state index in [4.69, 9.17) is 14.2 Å². The fraction of sp³-hybridized carbons (Fsp3) is 0.609. The minimum absolute atomic E-state index is 0.112. The van der Waals surface area contributed by atoms with Gasteiger partial charge in [-0.05, 0) is 116 Å². The van der Waals surface area contributed by atoms with Gasteiger partial charge < -0.3 is 14.2 Å². The Balaban J connectivity index is 4.52. The smallest absolute Gasteiger partial charge is 0.306 e. The molecule has 0 heterocycles. The monoisotopic (exact) mass is 967 g/mol. The molecule has 0 aliphatic rings. The molecule has 0 spiro atoms. The maximum absolute atomic E-state index is 12.9. The summed E-state index contributed by atoms with van der Waals surface area (Å²) < 4.78 is 16.8. The summed E-state index contributed by atoms with van der Waals surface area (Å²) in [6, 6.07) is 0. The summed E-state index contributed by atoms with van der Waals surface area (Å²) in [7, 11) is 0. The van der Waals surface area contributed by atoms with Gasteiger partial charge in [0.25, 0.3) is 0 Å². The van der Waals surface area contributed by atoms with Crippen molar-refractivity contribution in [1.29, 1.82) is 0 Å². The van der Waals surface area contributed by atoms with Gasteiger partial charge in [-0.25, -0.2) is 0 Å². The highest BCUT2D eigenvalue weighted by Gasteiger charge is 2.19. The van der Waals surface area contributed by atoms with E-state index in [2.05, 4.69) is 148 Å². The van der Waals surface area contributed by atoms with Crippen LogP contribution in [0.1, 0.15) is 233 Å². The molecular weight excluding hydrogens is 865 g/mol. The molecule has 0 aromatic heterocycles. The van der Waals surface area contributed by atoms with E-state index >= 15 is 0 Å². The van der Waals surface area contributed by atoms with Crippen LogP contribution in [0.5, 0.6) is 0 Å². The van der Waals surface area contributed by atoms with Gasteiger partial charge in [0.15, 0.2) is 6.10 Å². The number of allylic oxidation sites excluding steroid dienone is 22. The first kappa shape index (κ1) is 65.5. The fourth-order valence-corrected chi connectivity index (χ4v) is 7.28. The zero-order valence-electron chi connectivity index (χ0n) is 45.0. The van der Waals surface area contributed by atoms with Crippen LogP contribution in [-0.4, -0.2) is 37.2 Å². The number of unbranched alkanes of at least 4 members (excludes halogenated alkanes) is 16. The molecular formula is C64H102O6. The molecule has 0 fully saturated rings. The van der Waals surface area contributed by atoms with Crippen LogP contribution >= 0.6 is 0 Å². The first-order chi connectivity index (χ1) is 34.5. The lowest BCUT2D eigenvalue weighted by atomic mass is 10.1. The first-order valence-corrected chi connectivity index (χ1v) is 28.2. The topological polar surface area (TPSA) is 78.9 Å². The van der Waals surface area contributed by atoms with Crippen molar-refractivity contribution in [3.63, 3.8) is 0 Å². The van der Waals surface area contributed by atoms with Crippen LogP contribution in [0.15, 0.2) is 134 Å². The Morgan fingerprint density at radius 3 is 0.886 bits per heavy atom. The van der Waals surface area contributed by atoms with Crippen molar-refractivity contribution >= 4 is 17.9 Å². The van der Waals surface area contributed by atoms with Crippen LogP contribution in [0, 0.1) is 0 Å². The van der Waals surface area contributed by atoms with E-state index in [0.29, 0.717) is 19.3 Å². The summed E-state index contributed by atoms with van der Waals surface area (Å²) in [5.74, 6) is -1.02. The summed E-state index contributed by atoms with van der Waals surface area (Å²) in [6.07, 6.45) is 80.2. The highest BCUT2D eigenvalue weighted by molar-refractivity contribution is 5.71. The number of carbonyl (C=O) groups is 3. The number of hydrogen-bond donors (Lipinski definition) is 0. The molecule has 0 aromatic carbocycles. The van der Waals surface area contributed by atoms with Gasteiger partial charge in [0.1, 0.15) is 13.2 Å². The van der Waals surface area contributed by atoms with Crippen molar-refractivity contribution < 1.29 is 28.6 Å². The molecule has 0 saturated heterocycles. The molecule has 0 N–H and O–H groups in total. The Morgan fingerprint density at radius 1 is 0.286 bits per heavy atom. The second-order valence-corrected chi connectivity index (χ2v) is 18.0. The van der Waals surface area contributed by atoms with Crippen molar-refractivity contribution in [1.82, 2.24) is 0 Å². The normalized spacial score (nSPS) is 13.1. The minimum Gasteiger partial charge on any atom is -0.462 e. The number of ether oxygens (including phenoxy) is 3. The van der Waals surface area contributed by atoms with Crippen LogP contribution in [-0.2, 0) is 28.6 Å². The van der Waals surface area contributed by atoms with E-state index in [9.17, 15) is 14.4 Å². The predicted molar refractivity (Wildman–Crippen MR) is 302 cm³/mol. The lowest BCUT2D eigenvalue weighted by Crippen LogP contribution is -2.30. The molecule has 394 valence electrons. The average molecular weight is 968 g/mol. The molecule has 0 aliphatic heterocycles. The highest BCUT2D eigenvalue weighted by atomic mass is 16.6. The Kier molecular flexibility index (Phi) is 53.5. The molecule has 1 unspecified atom stereocenters. The van der Waals surface area contributed by atoms with E-state index in [1.165, 1.54) is 64.2 Å².